The van der Waals surface area contributed by atoms with Crippen LogP contribution in [0.4, 0.5) is 0 Å². The summed E-state index contributed by atoms with van der Waals surface area (Å²) in [7, 11) is 0. The van der Waals surface area contributed by atoms with Gasteiger partial charge in [0.05, 0.1) is 11.9 Å². The Morgan fingerprint density at radius 2 is 2.40 bits per heavy atom. The molecule has 0 spiro atoms. The minimum Gasteiger partial charge on any atom is -0.387 e. The van der Waals surface area contributed by atoms with Crippen molar-refractivity contribution in [1.29, 1.82) is 0 Å². The highest BCUT2D eigenvalue weighted by molar-refractivity contribution is 7.11. The average Bonchev–Trinajstić information content (AvgIpc) is 2.67. The number of hydrogen-bond donors (Lipinski definition) is 1. The van der Waals surface area contributed by atoms with Crippen molar-refractivity contribution >= 4 is 22.7 Å². The number of hydrogen-bond acceptors (Lipinski definition) is 3. The lowest BCUT2D eigenvalue weighted by Crippen LogP contribution is -2.14. The molecule has 0 radical (unpaired) electrons. The highest BCUT2D eigenvalue weighted by atomic mass is 32.1. The quantitative estimate of drug-likeness (QED) is 0.817. The van der Waals surface area contributed by atoms with E-state index in [1.807, 2.05) is 0 Å². The van der Waals surface area contributed by atoms with E-state index in [2.05, 4.69) is 29.1 Å². The Morgan fingerprint density at radius 1 is 1.53 bits per heavy atom. The van der Waals surface area contributed by atoms with Crippen LogP contribution in [0.3, 0.4) is 0 Å². The number of nitrogens with two attached hydrogens (primary N) is 1. The molecule has 15 heavy (non-hydrogen) atoms. The largest absolute Gasteiger partial charge is 0.387 e. The zero-order valence-corrected chi connectivity index (χ0v) is 9.59. The normalized spacial score (nSPS) is 21.9. The summed E-state index contributed by atoms with van der Waals surface area (Å²) in [5.74, 6) is 0.787. The number of amidine groups is 1. The molecule has 2 nitrogen and oxygen atoms in total. The lowest BCUT2D eigenvalue weighted by Gasteiger charge is -2.12. The predicted octanol–water partition coefficient (Wildman–Crippen LogP) is 3.06. The summed E-state index contributed by atoms with van der Waals surface area (Å²) < 4.78 is 0. The molecule has 0 saturated carbocycles. The Balaban J connectivity index is 2.16. The maximum Gasteiger partial charge on any atom is 0.0944 e. The molecule has 1 aliphatic rings. The van der Waals surface area contributed by atoms with Crippen molar-refractivity contribution in [3.63, 3.8) is 0 Å². The standard InChI is InChI=1S/C12H16N2S/c1-9(11-6-4-8-15-11)10-5-2-3-7-12(13)14-10/h4,6,8,10H,1-3,5,7H2,(H2,13,14). The molecule has 0 bridgehead atoms. The van der Waals surface area contributed by atoms with E-state index in [0.717, 1.165) is 30.7 Å². The number of aliphatic imine (C=N–C) groups is 1. The minimum atomic E-state index is 0.200. The maximum atomic E-state index is 5.83. The Morgan fingerprint density at radius 3 is 3.13 bits per heavy atom. The van der Waals surface area contributed by atoms with Gasteiger partial charge in [-0.15, -0.1) is 11.3 Å². The van der Waals surface area contributed by atoms with Crippen LogP contribution in [-0.2, 0) is 0 Å². The van der Waals surface area contributed by atoms with Crippen LogP contribution in [0.1, 0.15) is 30.6 Å². The smallest absolute Gasteiger partial charge is 0.0944 e. The average molecular weight is 220 g/mol. The predicted molar refractivity (Wildman–Crippen MR) is 67.2 cm³/mol. The van der Waals surface area contributed by atoms with Gasteiger partial charge in [0, 0.05) is 11.3 Å². The van der Waals surface area contributed by atoms with E-state index in [4.69, 9.17) is 5.73 Å². The van der Waals surface area contributed by atoms with E-state index < -0.39 is 0 Å². The Bertz CT molecular complexity index is 365. The van der Waals surface area contributed by atoms with Crippen molar-refractivity contribution in [2.45, 2.75) is 31.7 Å². The lowest BCUT2D eigenvalue weighted by molar-refractivity contribution is 0.678. The molecule has 2 heterocycles. The second-order valence-corrected chi connectivity index (χ2v) is 4.83. The molecule has 1 unspecified atom stereocenters. The summed E-state index contributed by atoms with van der Waals surface area (Å²) in [4.78, 5) is 5.77. The summed E-state index contributed by atoms with van der Waals surface area (Å²) in [6, 6.07) is 4.35. The second kappa shape index (κ2) is 4.62. The van der Waals surface area contributed by atoms with E-state index in [1.165, 1.54) is 11.3 Å². The van der Waals surface area contributed by atoms with Crippen LogP contribution in [0.5, 0.6) is 0 Å². The van der Waals surface area contributed by atoms with Crippen molar-refractivity contribution in [2.75, 3.05) is 0 Å². The van der Waals surface area contributed by atoms with E-state index >= 15 is 0 Å². The Kier molecular flexibility index (Phi) is 3.21. The molecule has 0 aromatic carbocycles. The van der Waals surface area contributed by atoms with E-state index in [9.17, 15) is 0 Å². The van der Waals surface area contributed by atoms with Crippen molar-refractivity contribution in [2.24, 2.45) is 10.7 Å². The van der Waals surface area contributed by atoms with E-state index in [1.54, 1.807) is 11.3 Å². The van der Waals surface area contributed by atoms with Gasteiger partial charge in [-0.3, -0.25) is 4.99 Å². The second-order valence-electron chi connectivity index (χ2n) is 3.88. The van der Waals surface area contributed by atoms with Gasteiger partial charge >= 0.3 is 0 Å². The van der Waals surface area contributed by atoms with E-state index in [0.29, 0.717) is 0 Å². The van der Waals surface area contributed by atoms with Gasteiger partial charge in [0.1, 0.15) is 0 Å². The SMILES string of the molecule is C=C(c1cccs1)C1CCCCC(N)=N1. The molecule has 0 fully saturated rings. The number of thiophene rings is 1. The molecule has 1 aromatic heterocycles. The third-order valence-electron chi connectivity index (χ3n) is 2.72. The monoisotopic (exact) mass is 220 g/mol. The van der Waals surface area contributed by atoms with Crippen LogP contribution in [-0.4, -0.2) is 11.9 Å². The van der Waals surface area contributed by atoms with Crippen molar-refractivity contribution in [1.82, 2.24) is 0 Å². The zero-order valence-electron chi connectivity index (χ0n) is 8.78. The van der Waals surface area contributed by atoms with Gasteiger partial charge in [-0.2, -0.15) is 0 Å². The molecule has 0 aliphatic carbocycles. The first-order chi connectivity index (χ1) is 7.27. The lowest BCUT2D eigenvalue weighted by atomic mass is 10.0. The van der Waals surface area contributed by atoms with Gasteiger partial charge in [-0.05, 0) is 29.9 Å². The van der Waals surface area contributed by atoms with Gasteiger partial charge in [0.2, 0.25) is 0 Å². The van der Waals surface area contributed by atoms with Crippen LogP contribution >= 0.6 is 11.3 Å². The molecule has 1 aromatic rings. The Hall–Kier alpha value is -1.09. The highest BCUT2D eigenvalue weighted by Gasteiger charge is 2.16. The van der Waals surface area contributed by atoms with Crippen LogP contribution in [0.25, 0.3) is 5.57 Å². The van der Waals surface area contributed by atoms with Crippen LogP contribution in [0.2, 0.25) is 0 Å². The first-order valence-electron chi connectivity index (χ1n) is 5.32. The molecule has 2 rings (SSSR count). The minimum absolute atomic E-state index is 0.200. The summed E-state index contributed by atoms with van der Waals surface area (Å²) in [5, 5.41) is 2.07. The fourth-order valence-electron chi connectivity index (χ4n) is 1.85. The van der Waals surface area contributed by atoms with Gasteiger partial charge in [0.25, 0.3) is 0 Å². The fraction of sp³-hybridized carbons (Fsp3) is 0.417. The first-order valence-corrected chi connectivity index (χ1v) is 6.20. The third kappa shape index (κ3) is 2.48. The molecular formula is C12H16N2S. The molecule has 3 heteroatoms. The van der Waals surface area contributed by atoms with E-state index in [-0.39, 0.29) is 6.04 Å². The maximum absolute atomic E-state index is 5.83. The van der Waals surface area contributed by atoms with Crippen LogP contribution in [0, 0.1) is 0 Å². The molecule has 2 N–H and O–H groups in total. The molecule has 0 amide bonds. The van der Waals surface area contributed by atoms with Gasteiger partial charge in [-0.25, -0.2) is 0 Å². The third-order valence-corrected chi connectivity index (χ3v) is 3.67. The number of rotatable bonds is 2. The Labute approximate surface area is 94.5 Å². The summed E-state index contributed by atoms with van der Waals surface area (Å²) in [5.41, 5.74) is 6.95. The van der Waals surface area contributed by atoms with Crippen LogP contribution < -0.4 is 5.73 Å². The highest BCUT2D eigenvalue weighted by Crippen LogP contribution is 2.28. The summed E-state index contributed by atoms with van der Waals surface area (Å²) in [6.45, 7) is 4.14. The van der Waals surface area contributed by atoms with Crippen molar-refractivity contribution in [3.8, 4) is 0 Å². The van der Waals surface area contributed by atoms with Crippen LogP contribution in [0.15, 0.2) is 29.1 Å². The summed E-state index contributed by atoms with van der Waals surface area (Å²) >= 11 is 1.72. The first kappa shape index (κ1) is 10.4. The van der Waals surface area contributed by atoms with Gasteiger partial charge < -0.3 is 5.73 Å². The molecule has 1 aliphatic heterocycles. The van der Waals surface area contributed by atoms with Gasteiger partial charge in [0.15, 0.2) is 0 Å². The van der Waals surface area contributed by atoms with Crippen molar-refractivity contribution in [3.05, 3.63) is 29.0 Å². The summed E-state index contributed by atoms with van der Waals surface area (Å²) in [6.07, 6.45) is 4.37. The topological polar surface area (TPSA) is 38.4 Å². The zero-order chi connectivity index (χ0) is 10.7. The number of nitrogens with zero attached hydrogens (tertiary/aromatic N) is 1. The fourth-order valence-corrected chi connectivity index (χ4v) is 2.60. The molecular weight excluding hydrogens is 204 g/mol. The van der Waals surface area contributed by atoms with Crippen molar-refractivity contribution < 1.29 is 0 Å². The molecule has 80 valence electrons. The molecule has 0 saturated heterocycles. The molecule has 1 atom stereocenters. The van der Waals surface area contributed by atoms with Gasteiger partial charge in [-0.1, -0.05) is 19.1 Å².